The largest absolute Gasteiger partial charge is 0.493 e. The first-order valence-electron chi connectivity index (χ1n) is 8.19. The third-order valence-corrected chi connectivity index (χ3v) is 5.24. The Labute approximate surface area is 147 Å². The number of pyridine rings is 1. The van der Waals surface area contributed by atoms with Crippen molar-refractivity contribution >= 4 is 26.5 Å². The monoisotopic (exact) mass is 356 g/mol. The van der Waals surface area contributed by atoms with Gasteiger partial charge < -0.3 is 4.74 Å². The number of hydrogen-bond acceptors (Lipinski definition) is 4. The number of fused-ring (bicyclic) bond motifs is 1. The third kappa shape index (κ3) is 3.91. The molecule has 0 aliphatic rings. The van der Waals surface area contributed by atoms with E-state index < -0.39 is 10.0 Å². The molecule has 1 heterocycles. The zero-order valence-corrected chi connectivity index (χ0v) is 14.8. The predicted molar refractivity (Wildman–Crippen MR) is 99.4 cm³/mol. The molecule has 0 amide bonds. The van der Waals surface area contributed by atoms with Crippen LogP contribution in [0.15, 0.2) is 65.8 Å². The lowest BCUT2D eigenvalue weighted by Gasteiger charge is -2.14. The molecule has 25 heavy (non-hydrogen) atoms. The Morgan fingerprint density at radius 1 is 1.04 bits per heavy atom. The molecule has 6 heteroatoms. The standard InChI is InChI=1S/C19H20N2O3S/c1-2-3-13-24-18-10-11-19(17-9-5-4-8-16(17)18)25(22,23)21-15-7-6-12-20-14-15/h4-12,14,21H,2-3,13H2,1H3. The molecule has 0 aliphatic carbocycles. The van der Waals surface area contributed by atoms with Crippen LogP contribution in [0.5, 0.6) is 5.75 Å². The van der Waals surface area contributed by atoms with Gasteiger partial charge in [-0.25, -0.2) is 8.42 Å². The van der Waals surface area contributed by atoms with Crippen molar-refractivity contribution in [2.75, 3.05) is 11.3 Å². The van der Waals surface area contributed by atoms with Gasteiger partial charge in [0.15, 0.2) is 0 Å². The Morgan fingerprint density at radius 3 is 2.56 bits per heavy atom. The lowest BCUT2D eigenvalue weighted by Crippen LogP contribution is -2.13. The Balaban J connectivity index is 2.01. The second kappa shape index (κ2) is 7.53. The summed E-state index contributed by atoms with van der Waals surface area (Å²) >= 11 is 0. The fourth-order valence-electron chi connectivity index (χ4n) is 2.56. The minimum atomic E-state index is -3.73. The van der Waals surface area contributed by atoms with Crippen LogP contribution in [-0.4, -0.2) is 20.0 Å². The van der Waals surface area contributed by atoms with E-state index in [9.17, 15) is 8.42 Å². The van der Waals surface area contributed by atoms with E-state index in [0.29, 0.717) is 23.4 Å². The number of nitrogens with zero attached hydrogens (tertiary/aromatic N) is 1. The summed E-state index contributed by atoms with van der Waals surface area (Å²) in [6, 6.07) is 14.0. The van der Waals surface area contributed by atoms with E-state index in [1.165, 1.54) is 6.20 Å². The van der Waals surface area contributed by atoms with Crippen LogP contribution < -0.4 is 9.46 Å². The zero-order chi connectivity index (χ0) is 17.7. The molecule has 3 aromatic rings. The molecule has 1 aromatic heterocycles. The van der Waals surface area contributed by atoms with Crippen molar-refractivity contribution in [3.63, 3.8) is 0 Å². The van der Waals surface area contributed by atoms with Crippen molar-refractivity contribution < 1.29 is 13.2 Å². The van der Waals surface area contributed by atoms with E-state index in [1.54, 1.807) is 36.5 Å². The fraction of sp³-hybridized carbons (Fsp3) is 0.211. The van der Waals surface area contributed by atoms with Gasteiger partial charge in [0, 0.05) is 17.0 Å². The van der Waals surface area contributed by atoms with E-state index in [0.717, 1.165) is 18.2 Å². The summed E-state index contributed by atoms with van der Waals surface area (Å²) in [5, 5.41) is 1.42. The summed E-state index contributed by atoms with van der Waals surface area (Å²) in [5.74, 6) is 0.698. The average Bonchev–Trinajstić information content (AvgIpc) is 2.62. The number of anilines is 1. The Hall–Kier alpha value is -2.60. The van der Waals surface area contributed by atoms with Gasteiger partial charge in [0.2, 0.25) is 0 Å². The van der Waals surface area contributed by atoms with E-state index >= 15 is 0 Å². The summed E-state index contributed by atoms with van der Waals surface area (Å²) in [7, 11) is -3.73. The van der Waals surface area contributed by atoms with Crippen molar-refractivity contribution in [3.05, 3.63) is 60.9 Å². The number of rotatable bonds is 7. The molecule has 0 radical (unpaired) electrons. The summed E-state index contributed by atoms with van der Waals surface area (Å²) < 4.78 is 34.0. The quantitative estimate of drug-likeness (QED) is 0.644. The summed E-state index contributed by atoms with van der Waals surface area (Å²) in [4.78, 5) is 4.15. The van der Waals surface area contributed by atoms with E-state index in [2.05, 4.69) is 16.6 Å². The molecule has 0 spiro atoms. The number of hydrogen-bond donors (Lipinski definition) is 1. The van der Waals surface area contributed by atoms with Crippen LogP contribution >= 0.6 is 0 Å². The first-order valence-corrected chi connectivity index (χ1v) is 9.67. The molecule has 0 aliphatic heterocycles. The smallest absolute Gasteiger partial charge is 0.262 e. The third-order valence-electron chi connectivity index (χ3n) is 3.80. The minimum Gasteiger partial charge on any atom is -0.493 e. The van der Waals surface area contributed by atoms with Crippen LogP contribution in [0, 0.1) is 0 Å². The predicted octanol–water partition coefficient (Wildman–Crippen LogP) is 4.21. The molecule has 0 unspecified atom stereocenters. The van der Waals surface area contributed by atoms with Crippen LogP contribution in [0.2, 0.25) is 0 Å². The highest BCUT2D eigenvalue weighted by Gasteiger charge is 2.19. The maximum absolute atomic E-state index is 12.8. The Kier molecular flexibility index (Phi) is 5.19. The van der Waals surface area contributed by atoms with Gasteiger partial charge >= 0.3 is 0 Å². The summed E-state index contributed by atoms with van der Waals surface area (Å²) in [6.07, 6.45) is 5.06. The molecule has 0 atom stereocenters. The Morgan fingerprint density at radius 2 is 1.84 bits per heavy atom. The molecule has 0 fully saturated rings. The number of nitrogens with one attached hydrogen (secondary N) is 1. The molecular formula is C19H20N2O3S. The van der Waals surface area contributed by atoms with Crippen LogP contribution in [-0.2, 0) is 10.0 Å². The average molecular weight is 356 g/mol. The van der Waals surface area contributed by atoms with Crippen molar-refractivity contribution in [2.45, 2.75) is 24.7 Å². The number of ether oxygens (including phenoxy) is 1. The van der Waals surface area contributed by atoms with Gasteiger partial charge in [0.1, 0.15) is 5.75 Å². The second-order valence-electron chi connectivity index (χ2n) is 5.66. The molecule has 0 bridgehead atoms. The normalized spacial score (nSPS) is 11.4. The molecule has 3 rings (SSSR count). The highest BCUT2D eigenvalue weighted by molar-refractivity contribution is 7.93. The highest BCUT2D eigenvalue weighted by Crippen LogP contribution is 2.32. The van der Waals surface area contributed by atoms with Crippen LogP contribution in [0.1, 0.15) is 19.8 Å². The minimum absolute atomic E-state index is 0.217. The maximum Gasteiger partial charge on any atom is 0.262 e. The van der Waals surface area contributed by atoms with E-state index in [4.69, 9.17) is 4.74 Å². The van der Waals surface area contributed by atoms with Crippen LogP contribution in [0.3, 0.4) is 0 Å². The fourth-order valence-corrected chi connectivity index (χ4v) is 3.82. The van der Waals surface area contributed by atoms with E-state index in [-0.39, 0.29) is 4.90 Å². The van der Waals surface area contributed by atoms with Gasteiger partial charge in [-0.2, -0.15) is 0 Å². The van der Waals surface area contributed by atoms with Gasteiger partial charge in [0.25, 0.3) is 10.0 Å². The number of aromatic nitrogens is 1. The van der Waals surface area contributed by atoms with Crippen molar-refractivity contribution in [1.29, 1.82) is 0 Å². The number of sulfonamides is 1. The van der Waals surface area contributed by atoms with Gasteiger partial charge in [-0.1, -0.05) is 37.6 Å². The van der Waals surface area contributed by atoms with Gasteiger partial charge in [-0.15, -0.1) is 0 Å². The lowest BCUT2D eigenvalue weighted by molar-refractivity contribution is 0.313. The Bertz CT molecular complexity index is 957. The van der Waals surface area contributed by atoms with Gasteiger partial charge in [-0.05, 0) is 30.7 Å². The van der Waals surface area contributed by atoms with Crippen molar-refractivity contribution in [3.8, 4) is 5.75 Å². The highest BCUT2D eigenvalue weighted by atomic mass is 32.2. The maximum atomic E-state index is 12.8. The second-order valence-corrected chi connectivity index (χ2v) is 7.31. The topological polar surface area (TPSA) is 68.3 Å². The molecule has 2 aromatic carbocycles. The summed E-state index contributed by atoms with van der Waals surface area (Å²) in [6.45, 7) is 2.71. The van der Waals surface area contributed by atoms with Crippen molar-refractivity contribution in [2.24, 2.45) is 0 Å². The molecule has 1 N–H and O–H groups in total. The molecule has 0 saturated heterocycles. The SMILES string of the molecule is CCCCOc1ccc(S(=O)(=O)Nc2cccnc2)c2ccccc12. The van der Waals surface area contributed by atoms with E-state index in [1.807, 2.05) is 18.2 Å². The molecule has 130 valence electrons. The first-order chi connectivity index (χ1) is 12.1. The van der Waals surface area contributed by atoms with Gasteiger partial charge in [-0.3, -0.25) is 9.71 Å². The van der Waals surface area contributed by atoms with Gasteiger partial charge in [0.05, 0.1) is 23.4 Å². The number of unbranched alkanes of at least 4 members (excludes halogenated alkanes) is 1. The molecule has 0 saturated carbocycles. The summed E-state index contributed by atoms with van der Waals surface area (Å²) in [5.41, 5.74) is 0.426. The van der Waals surface area contributed by atoms with Crippen LogP contribution in [0.25, 0.3) is 10.8 Å². The van der Waals surface area contributed by atoms with Crippen LogP contribution in [0.4, 0.5) is 5.69 Å². The molecule has 5 nitrogen and oxygen atoms in total. The first kappa shape index (κ1) is 17.2. The molecular weight excluding hydrogens is 336 g/mol. The number of benzene rings is 2. The lowest BCUT2D eigenvalue weighted by atomic mass is 10.1. The zero-order valence-electron chi connectivity index (χ0n) is 14.0. The van der Waals surface area contributed by atoms with Crippen molar-refractivity contribution in [1.82, 2.24) is 4.98 Å².